The molecule has 0 radical (unpaired) electrons. The number of hydrogen-bond donors (Lipinski definition) is 0. The predicted molar refractivity (Wildman–Crippen MR) is 148 cm³/mol. The molecule has 0 aliphatic heterocycles. The first-order valence-corrected chi connectivity index (χ1v) is 23.2. The Hall–Kier alpha value is 0.391. The Morgan fingerprint density at radius 3 is 1.59 bits per heavy atom. The first-order valence-electron chi connectivity index (χ1n) is 13.2. The van der Waals surface area contributed by atoms with Crippen molar-refractivity contribution in [3.05, 3.63) is 11.8 Å². The van der Waals surface area contributed by atoms with Gasteiger partial charge in [-0.2, -0.15) is 0 Å². The normalized spacial score (nSPS) is 14.7. The van der Waals surface area contributed by atoms with E-state index in [1.165, 1.54) is 76.3 Å². The van der Waals surface area contributed by atoms with Gasteiger partial charge in [0.2, 0.25) is 0 Å². The van der Waals surface area contributed by atoms with Crippen LogP contribution in [0.2, 0.25) is 69.0 Å². The molecule has 0 aromatic carbocycles. The molecule has 0 nitrogen and oxygen atoms in total. The summed E-state index contributed by atoms with van der Waals surface area (Å²) in [4.78, 5) is 0. The van der Waals surface area contributed by atoms with E-state index >= 15 is 0 Å². The Morgan fingerprint density at radius 1 is 0.586 bits per heavy atom. The van der Waals surface area contributed by atoms with Gasteiger partial charge in [-0.15, -0.1) is 0 Å². The Balaban J connectivity index is 5.11. The van der Waals surface area contributed by atoms with E-state index in [1.54, 1.807) is 12.1 Å². The average molecular weight is 455 g/mol. The zero-order valence-corrected chi connectivity index (χ0v) is 25.1. The molecule has 1 unspecified atom stereocenters. The van der Waals surface area contributed by atoms with Crippen LogP contribution in [0.4, 0.5) is 0 Å². The molecule has 0 saturated heterocycles. The van der Waals surface area contributed by atoms with Gasteiger partial charge in [0.05, 0.1) is 16.1 Å². The highest BCUT2D eigenvalue weighted by atomic mass is 28.3. The van der Waals surface area contributed by atoms with Crippen molar-refractivity contribution in [1.29, 1.82) is 0 Å². The molecule has 0 aliphatic carbocycles. The van der Waals surface area contributed by atoms with E-state index in [9.17, 15) is 0 Å². The first-order chi connectivity index (χ1) is 13.5. The van der Waals surface area contributed by atoms with Gasteiger partial charge >= 0.3 is 0 Å². The summed E-state index contributed by atoms with van der Waals surface area (Å²) in [6.07, 6.45) is 17.0. The van der Waals surface area contributed by atoms with E-state index in [-0.39, 0.29) is 0 Å². The van der Waals surface area contributed by atoms with Crippen LogP contribution in [0.5, 0.6) is 0 Å². The minimum atomic E-state index is -1.19. The first kappa shape index (κ1) is 29.4. The summed E-state index contributed by atoms with van der Waals surface area (Å²) in [6.45, 7) is 23.0. The van der Waals surface area contributed by atoms with Gasteiger partial charge in [-0.05, 0) is 5.54 Å². The van der Waals surface area contributed by atoms with Crippen LogP contribution in [0.1, 0.15) is 85.0 Å². The molecule has 0 heterocycles. The fourth-order valence-electron chi connectivity index (χ4n) is 4.58. The minimum Gasteiger partial charge on any atom is -0.0987 e. The monoisotopic (exact) mass is 454 g/mol. The molecule has 29 heavy (non-hydrogen) atoms. The maximum absolute atomic E-state index is 2.78. The summed E-state index contributed by atoms with van der Waals surface area (Å²) in [6, 6.07) is 6.12. The van der Waals surface area contributed by atoms with Crippen LogP contribution >= 0.6 is 0 Å². The van der Waals surface area contributed by atoms with E-state index in [0.29, 0.717) is 0 Å². The molecule has 0 bridgehead atoms. The molecule has 174 valence electrons. The van der Waals surface area contributed by atoms with E-state index < -0.39 is 24.2 Å². The summed E-state index contributed by atoms with van der Waals surface area (Å²) in [5, 5.41) is 0. The third-order valence-electron chi connectivity index (χ3n) is 7.22. The minimum absolute atomic E-state index is 0.912. The van der Waals surface area contributed by atoms with Crippen LogP contribution in [0.25, 0.3) is 0 Å². The third kappa shape index (κ3) is 14.9. The van der Waals surface area contributed by atoms with E-state index in [2.05, 4.69) is 71.8 Å². The quantitative estimate of drug-likeness (QED) is 0.143. The number of rotatable bonds is 18. The van der Waals surface area contributed by atoms with Crippen LogP contribution in [-0.2, 0) is 0 Å². The van der Waals surface area contributed by atoms with Crippen molar-refractivity contribution in [3.63, 3.8) is 0 Å². The van der Waals surface area contributed by atoms with E-state index in [0.717, 1.165) is 5.54 Å². The largest absolute Gasteiger partial charge is 0.0987 e. The molecule has 0 rings (SSSR count). The van der Waals surface area contributed by atoms with Crippen LogP contribution in [0, 0.1) is 0 Å². The molecule has 0 spiro atoms. The molecule has 0 aromatic rings. The van der Waals surface area contributed by atoms with Crippen molar-refractivity contribution < 1.29 is 0 Å². The van der Waals surface area contributed by atoms with Crippen molar-refractivity contribution in [1.82, 2.24) is 0 Å². The maximum Gasteiger partial charge on any atom is 0.0713 e. The Kier molecular flexibility index (Phi) is 15.4. The summed E-state index contributed by atoms with van der Waals surface area (Å²) < 4.78 is 0. The standard InChI is InChI=1S/C26H58Si3/c1-10-13-16-21-27(4,5)24-19-26(29(8,9)23-18-15-12-3)20-25-28(6,7)22-17-14-11-2/h19,24,26H,10-18,20-23,25H2,1-9H3/b24-19+. The van der Waals surface area contributed by atoms with Gasteiger partial charge in [-0.25, -0.2) is 0 Å². The zero-order chi connectivity index (χ0) is 22.4. The lowest BCUT2D eigenvalue weighted by atomic mass is 10.3. The van der Waals surface area contributed by atoms with Gasteiger partial charge in [0.15, 0.2) is 0 Å². The fraction of sp³-hybridized carbons (Fsp3) is 0.923. The molecule has 0 aliphatic rings. The highest BCUT2D eigenvalue weighted by Gasteiger charge is 2.32. The molecule has 0 aromatic heterocycles. The number of hydrogen-bond acceptors (Lipinski definition) is 0. The average Bonchev–Trinajstić information content (AvgIpc) is 2.61. The van der Waals surface area contributed by atoms with Gasteiger partial charge in [0.1, 0.15) is 0 Å². The van der Waals surface area contributed by atoms with Gasteiger partial charge in [0, 0.05) is 8.07 Å². The highest BCUT2D eigenvalue weighted by molar-refractivity contribution is 6.83. The van der Waals surface area contributed by atoms with Crippen LogP contribution in [0.3, 0.4) is 0 Å². The predicted octanol–water partition coefficient (Wildman–Crippen LogP) is 10.5. The lowest BCUT2D eigenvalue weighted by Crippen LogP contribution is -2.34. The molecule has 1 atom stereocenters. The van der Waals surface area contributed by atoms with Gasteiger partial charge < -0.3 is 0 Å². The van der Waals surface area contributed by atoms with E-state index in [4.69, 9.17) is 0 Å². The summed E-state index contributed by atoms with van der Waals surface area (Å²) >= 11 is 0. The molecule has 0 saturated carbocycles. The second-order valence-corrected chi connectivity index (χ2v) is 27.4. The Bertz CT molecular complexity index is 424. The highest BCUT2D eigenvalue weighted by Crippen LogP contribution is 2.37. The second kappa shape index (κ2) is 15.2. The van der Waals surface area contributed by atoms with Crippen LogP contribution < -0.4 is 0 Å². The third-order valence-corrected chi connectivity index (χ3v) is 17.4. The van der Waals surface area contributed by atoms with Crippen LogP contribution in [0.15, 0.2) is 11.8 Å². The fourth-order valence-corrected chi connectivity index (χ4v) is 12.8. The zero-order valence-electron chi connectivity index (χ0n) is 22.1. The van der Waals surface area contributed by atoms with Crippen molar-refractivity contribution in [2.24, 2.45) is 0 Å². The van der Waals surface area contributed by atoms with Crippen molar-refractivity contribution in [3.8, 4) is 0 Å². The van der Waals surface area contributed by atoms with Crippen molar-refractivity contribution in [2.75, 3.05) is 0 Å². The Labute approximate surface area is 189 Å². The topological polar surface area (TPSA) is 0 Å². The summed E-state index contributed by atoms with van der Waals surface area (Å²) in [5.41, 5.74) is 3.68. The molecule has 0 fully saturated rings. The van der Waals surface area contributed by atoms with Crippen LogP contribution in [-0.4, -0.2) is 24.2 Å². The molecule has 3 heteroatoms. The van der Waals surface area contributed by atoms with Crippen molar-refractivity contribution in [2.45, 2.75) is 154 Å². The van der Waals surface area contributed by atoms with Gasteiger partial charge in [-0.3, -0.25) is 0 Å². The lowest BCUT2D eigenvalue weighted by Gasteiger charge is -2.34. The Morgan fingerprint density at radius 2 is 1.07 bits per heavy atom. The number of unbranched alkanes of at least 4 members (excludes halogenated alkanes) is 6. The SMILES string of the molecule is CCCCC[Si](C)(C)/C=C/C(CC[Si](C)(C)CCCCC)[Si](C)(C)CCCCC. The maximum atomic E-state index is 2.78. The summed E-state index contributed by atoms with van der Waals surface area (Å²) in [7, 11) is -3.38. The second-order valence-electron chi connectivity index (χ2n) is 12.0. The van der Waals surface area contributed by atoms with E-state index in [1.807, 2.05) is 0 Å². The van der Waals surface area contributed by atoms with Gasteiger partial charge in [-0.1, -0.05) is 160 Å². The lowest BCUT2D eigenvalue weighted by molar-refractivity contribution is 0.747. The number of allylic oxidation sites excluding steroid dienone is 1. The van der Waals surface area contributed by atoms with Crippen molar-refractivity contribution >= 4 is 24.2 Å². The summed E-state index contributed by atoms with van der Waals surface area (Å²) in [5.74, 6) is 0. The molecule has 0 amide bonds. The smallest absolute Gasteiger partial charge is 0.0713 e. The molecular weight excluding hydrogens is 397 g/mol. The van der Waals surface area contributed by atoms with Gasteiger partial charge in [0.25, 0.3) is 0 Å². The molecule has 0 N–H and O–H groups in total. The molecular formula is C26H58Si3.